The van der Waals surface area contributed by atoms with Gasteiger partial charge in [-0.05, 0) is 25.8 Å². The van der Waals surface area contributed by atoms with Crippen LogP contribution in [0.4, 0.5) is 0 Å². The van der Waals surface area contributed by atoms with Crippen LogP contribution in [0.2, 0.25) is 0 Å². The number of ether oxygens (including phenoxy) is 1. The molecule has 2 atom stereocenters. The van der Waals surface area contributed by atoms with Crippen LogP contribution in [0.25, 0.3) is 0 Å². The van der Waals surface area contributed by atoms with Gasteiger partial charge in [0.1, 0.15) is 5.82 Å². The fourth-order valence-corrected chi connectivity index (χ4v) is 2.59. The summed E-state index contributed by atoms with van der Waals surface area (Å²) < 4.78 is 7.57. The number of rotatable bonds is 5. The van der Waals surface area contributed by atoms with E-state index < -0.39 is 0 Å². The molecule has 2 unspecified atom stereocenters. The monoisotopic (exact) mass is 250 g/mol. The molecule has 1 aliphatic carbocycles. The first-order chi connectivity index (χ1) is 8.79. The van der Waals surface area contributed by atoms with Crippen LogP contribution in [0.5, 0.6) is 0 Å². The fourth-order valence-electron chi connectivity index (χ4n) is 2.59. The molecule has 100 valence electrons. The van der Waals surface area contributed by atoms with Crippen LogP contribution in [0, 0.1) is 0 Å². The topological polar surface area (TPSA) is 52.0 Å². The Balaban J connectivity index is 1.75. The maximum Gasteiger partial charge on any atom is 0.154 e. The Morgan fingerprint density at radius 1 is 1.39 bits per heavy atom. The van der Waals surface area contributed by atoms with Crippen LogP contribution in [0.15, 0.2) is 0 Å². The second kappa shape index (κ2) is 4.97. The first-order valence-electron chi connectivity index (χ1n) is 7.01. The Morgan fingerprint density at radius 3 is 2.94 bits per heavy atom. The Bertz CT molecular complexity index is 413. The van der Waals surface area contributed by atoms with Crippen molar-refractivity contribution >= 4 is 0 Å². The van der Waals surface area contributed by atoms with Crippen molar-refractivity contribution in [2.24, 2.45) is 7.05 Å². The van der Waals surface area contributed by atoms with Crippen molar-refractivity contribution in [1.82, 2.24) is 20.1 Å². The van der Waals surface area contributed by atoms with E-state index in [1.54, 1.807) is 0 Å². The van der Waals surface area contributed by atoms with Crippen molar-refractivity contribution in [3.63, 3.8) is 0 Å². The number of aromatic nitrogens is 3. The van der Waals surface area contributed by atoms with Gasteiger partial charge in [-0.15, -0.1) is 0 Å². The van der Waals surface area contributed by atoms with Crippen LogP contribution in [-0.4, -0.2) is 40.6 Å². The molecular weight excluding hydrogens is 228 g/mol. The number of nitrogens with zero attached hydrogens (tertiary/aromatic N) is 3. The van der Waals surface area contributed by atoms with Gasteiger partial charge in [-0.3, -0.25) is 4.68 Å². The van der Waals surface area contributed by atoms with E-state index in [2.05, 4.69) is 17.3 Å². The van der Waals surface area contributed by atoms with Gasteiger partial charge in [0.15, 0.2) is 5.82 Å². The molecule has 0 bridgehead atoms. The van der Waals surface area contributed by atoms with Crippen molar-refractivity contribution in [3.8, 4) is 0 Å². The van der Waals surface area contributed by atoms with E-state index in [0.29, 0.717) is 17.9 Å². The van der Waals surface area contributed by atoms with Gasteiger partial charge in [0.25, 0.3) is 0 Å². The van der Waals surface area contributed by atoms with Gasteiger partial charge >= 0.3 is 0 Å². The van der Waals surface area contributed by atoms with E-state index in [1.807, 2.05) is 11.7 Å². The predicted molar refractivity (Wildman–Crippen MR) is 68.6 cm³/mol. The third-order valence-corrected chi connectivity index (χ3v) is 3.82. The Hall–Kier alpha value is -0.940. The maximum atomic E-state index is 5.62. The molecule has 2 aliphatic rings. The van der Waals surface area contributed by atoms with E-state index >= 15 is 0 Å². The Labute approximate surface area is 108 Å². The SMILES string of the molecule is CCCNC1COCC1c1nc(C2CC2)nn1C. The Kier molecular flexibility index (Phi) is 3.35. The molecule has 1 aromatic rings. The lowest BCUT2D eigenvalue weighted by molar-refractivity contribution is 0.187. The first-order valence-corrected chi connectivity index (χ1v) is 7.01. The summed E-state index contributed by atoms with van der Waals surface area (Å²) in [5.74, 6) is 3.09. The molecule has 0 radical (unpaired) electrons. The van der Waals surface area contributed by atoms with Crippen molar-refractivity contribution in [2.75, 3.05) is 19.8 Å². The minimum absolute atomic E-state index is 0.349. The summed E-state index contributed by atoms with van der Waals surface area (Å²) in [4.78, 5) is 4.74. The van der Waals surface area contributed by atoms with Crippen molar-refractivity contribution in [2.45, 2.75) is 44.1 Å². The number of hydrogen-bond donors (Lipinski definition) is 1. The van der Waals surface area contributed by atoms with Crippen LogP contribution in [0.1, 0.15) is 49.7 Å². The fraction of sp³-hybridized carbons (Fsp3) is 0.846. The van der Waals surface area contributed by atoms with Crippen LogP contribution < -0.4 is 5.32 Å². The van der Waals surface area contributed by atoms with Crippen molar-refractivity contribution < 1.29 is 4.74 Å². The molecule has 1 N–H and O–H groups in total. The maximum absolute atomic E-state index is 5.62. The number of aryl methyl sites for hydroxylation is 1. The summed E-state index contributed by atoms with van der Waals surface area (Å²) in [6.45, 7) is 4.78. The van der Waals surface area contributed by atoms with Gasteiger partial charge in [-0.2, -0.15) is 5.10 Å². The second-order valence-electron chi connectivity index (χ2n) is 5.43. The van der Waals surface area contributed by atoms with Crippen molar-refractivity contribution in [3.05, 3.63) is 11.6 Å². The molecule has 5 nitrogen and oxygen atoms in total. The van der Waals surface area contributed by atoms with Gasteiger partial charge in [0, 0.05) is 19.0 Å². The highest BCUT2D eigenvalue weighted by atomic mass is 16.5. The average Bonchev–Trinajstić information content (AvgIpc) is 2.99. The molecule has 0 aromatic carbocycles. The third kappa shape index (κ3) is 2.29. The van der Waals surface area contributed by atoms with E-state index in [4.69, 9.17) is 9.72 Å². The van der Waals surface area contributed by atoms with Crippen LogP contribution in [-0.2, 0) is 11.8 Å². The summed E-state index contributed by atoms with van der Waals surface area (Å²) in [6.07, 6.45) is 3.65. The molecular formula is C13H22N4O. The predicted octanol–water partition coefficient (Wildman–Crippen LogP) is 1.17. The lowest BCUT2D eigenvalue weighted by atomic mass is 10.0. The number of nitrogens with one attached hydrogen (secondary N) is 1. The molecule has 1 aliphatic heterocycles. The van der Waals surface area contributed by atoms with Crippen molar-refractivity contribution in [1.29, 1.82) is 0 Å². The molecule has 1 saturated carbocycles. The highest BCUT2D eigenvalue weighted by molar-refractivity contribution is 5.11. The molecule has 0 amide bonds. The summed E-state index contributed by atoms with van der Waals surface area (Å²) in [5, 5.41) is 8.11. The zero-order valence-corrected chi connectivity index (χ0v) is 11.2. The lowest BCUT2D eigenvalue weighted by Crippen LogP contribution is -2.35. The smallest absolute Gasteiger partial charge is 0.154 e. The van der Waals surface area contributed by atoms with Gasteiger partial charge < -0.3 is 10.1 Å². The van der Waals surface area contributed by atoms with Crippen LogP contribution in [0.3, 0.4) is 0 Å². The quantitative estimate of drug-likeness (QED) is 0.852. The van der Waals surface area contributed by atoms with Gasteiger partial charge in [0.05, 0.1) is 19.1 Å². The minimum Gasteiger partial charge on any atom is -0.379 e. The lowest BCUT2D eigenvalue weighted by Gasteiger charge is -2.17. The second-order valence-corrected chi connectivity index (χ2v) is 5.43. The number of hydrogen-bond acceptors (Lipinski definition) is 4. The van der Waals surface area contributed by atoms with E-state index in [0.717, 1.165) is 37.8 Å². The van der Waals surface area contributed by atoms with E-state index in [1.165, 1.54) is 12.8 Å². The van der Waals surface area contributed by atoms with Gasteiger partial charge in [0.2, 0.25) is 0 Å². The van der Waals surface area contributed by atoms with Gasteiger partial charge in [-0.1, -0.05) is 6.92 Å². The summed E-state index contributed by atoms with van der Waals surface area (Å²) in [7, 11) is 2.00. The molecule has 2 heterocycles. The third-order valence-electron chi connectivity index (χ3n) is 3.82. The largest absolute Gasteiger partial charge is 0.379 e. The minimum atomic E-state index is 0.349. The molecule has 2 fully saturated rings. The molecule has 0 spiro atoms. The summed E-state index contributed by atoms with van der Waals surface area (Å²) >= 11 is 0. The van der Waals surface area contributed by atoms with E-state index in [9.17, 15) is 0 Å². The zero-order chi connectivity index (χ0) is 12.5. The molecule has 1 aromatic heterocycles. The molecule has 1 saturated heterocycles. The molecule has 5 heteroatoms. The zero-order valence-electron chi connectivity index (χ0n) is 11.2. The molecule has 18 heavy (non-hydrogen) atoms. The Morgan fingerprint density at radius 2 is 2.22 bits per heavy atom. The average molecular weight is 250 g/mol. The molecule has 3 rings (SSSR count). The van der Waals surface area contributed by atoms with E-state index in [-0.39, 0.29) is 0 Å². The highest BCUT2D eigenvalue weighted by Gasteiger charge is 2.35. The first kappa shape index (κ1) is 12.1. The highest BCUT2D eigenvalue weighted by Crippen LogP contribution is 2.38. The standard InChI is InChI=1S/C13H22N4O/c1-3-6-14-11-8-18-7-10(11)13-15-12(9-4-5-9)16-17(13)2/h9-11,14H,3-8H2,1-2H3. The van der Waals surface area contributed by atoms with Crippen LogP contribution >= 0.6 is 0 Å². The van der Waals surface area contributed by atoms with Gasteiger partial charge in [-0.25, -0.2) is 4.98 Å². The normalized spacial score (nSPS) is 27.9. The summed E-state index contributed by atoms with van der Waals surface area (Å²) in [6, 6.07) is 0.389. The summed E-state index contributed by atoms with van der Waals surface area (Å²) in [5.41, 5.74) is 0.